The quantitative estimate of drug-likeness (QED) is 0.773. The molecule has 1 aliphatic rings. The first-order valence-corrected chi connectivity index (χ1v) is 6.45. The Morgan fingerprint density at radius 3 is 2.53 bits per heavy atom. The molecular weight excluding hydrogens is 258 g/mol. The van der Waals surface area contributed by atoms with Crippen molar-refractivity contribution in [3.63, 3.8) is 0 Å². The van der Waals surface area contributed by atoms with Gasteiger partial charge in [0, 0.05) is 11.7 Å². The Kier molecular flexibility index (Phi) is 4.02. The Labute approximate surface area is 110 Å². The third-order valence-corrected chi connectivity index (χ3v) is 3.55. The second-order valence-electron chi connectivity index (χ2n) is 5.26. The molecule has 0 saturated heterocycles. The second kappa shape index (κ2) is 5.39. The van der Waals surface area contributed by atoms with E-state index in [1.807, 2.05) is 0 Å². The molecule has 1 saturated carbocycles. The van der Waals surface area contributed by atoms with Crippen molar-refractivity contribution < 1.29 is 17.6 Å². The van der Waals surface area contributed by atoms with Gasteiger partial charge in [0.2, 0.25) is 0 Å². The van der Waals surface area contributed by atoms with Gasteiger partial charge in [-0.1, -0.05) is 6.42 Å². The normalized spacial score (nSPS) is 24.3. The Morgan fingerprint density at radius 1 is 1.16 bits per heavy atom. The Bertz CT molecular complexity index is 421. The fourth-order valence-electron chi connectivity index (χ4n) is 2.67. The molecule has 106 valence electrons. The average Bonchev–Trinajstić information content (AvgIpc) is 2.26. The van der Waals surface area contributed by atoms with Crippen molar-refractivity contribution in [1.82, 2.24) is 0 Å². The van der Waals surface area contributed by atoms with Gasteiger partial charge in [-0.25, -0.2) is 4.39 Å². The van der Waals surface area contributed by atoms with Gasteiger partial charge >= 0.3 is 6.18 Å². The lowest BCUT2D eigenvalue weighted by atomic mass is 9.85. The number of hydrogen-bond donors (Lipinski definition) is 1. The maximum Gasteiger partial charge on any atom is 0.391 e. The average molecular weight is 275 g/mol. The monoisotopic (exact) mass is 275 g/mol. The van der Waals surface area contributed by atoms with Crippen LogP contribution >= 0.6 is 0 Å². The number of rotatable bonds is 2. The predicted molar refractivity (Wildman–Crippen MR) is 66.6 cm³/mol. The van der Waals surface area contributed by atoms with E-state index in [4.69, 9.17) is 0 Å². The Hall–Kier alpha value is -1.26. The maximum atomic E-state index is 13.2. The van der Waals surface area contributed by atoms with Gasteiger partial charge in [0.25, 0.3) is 0 Å². The van der Waals surface area contributed by atoms with E-state index >= 15 is 0 Å². The first kappa shape index (κ1) is 14.2. The lowest BCUT2D eigenvalue weighted by Gasteiger charge is -2.31. The molecule has 0 radical (unpaired) electrons. The molecule has 1 N–H and O–H groups in total. The van der Waals surface area contributed by atoms with Gasteiger partial charge in [0.15, 0.2) is 0 Å². The highest BCUT2D eigenvalue weighted by molar-refractivity contribution is 5.46. The summed E-state index contributed by atoms with van der Waals surface area (Å²) >= 11 is 0. The summed E-state index contributed by atoms with van der Waals surface area (Å²) in [5, 5.41) is 3.02. The van der Waals surface area contributed by atoms with E-state index in [0.717, 1.165) is 5.56 Å². The van der Waals surface area contributed by atoms with Crippen LogP contribution in [0, 0.1) is 18.7 Å². The van der Waals surface area contributed by atoms with Crippen LogP contribution < -0.4 is 5.32 Å². The SMILES string of the molecule is Cc1cc(F)cc(NC2CCCC(C(F)(F)F)C2)c1. The van der Waals surface area contributed by atoms with Crippen LogP contribution in [0.3, 0.4) is 0 Å². The van der Waals surface area contributed by atoms with Gasteiger partial charge in [0.05, 0.1) is 5.92 Å². The van der Waals surface area contributed by atoms with Crippen LogP contribution in [0.5, 0.6) is 0 Å². The molecule has 0 amide bonds. The smallest absolute Gasteiger partial charge is 0.382 e. The molecule has 2 unspecified atom stereocenters. The van der Waals surface area contributed by atoms with Crippen molar-refractivity contribution >= 4 is 5.69 Å². The lowest BCUT2D eigenvalue weighted by Crippen LogP contribution is -2.34. The molecular formula is C14H17F4N. The maximum absolute atomic E-state index is 13.2. The van der Waals surface area contributed by atoms with Crippen LogP contribution in [0.4, 0.5) is 23.2 Å². The molecule has 0 aromatic heterocycles. The molecule has 2 atom stereocenters. The number of benzene rings is 1. The van der Waals surface area contributed by atoms with Crippen LogP contribution in [-0.4, -0.2) is 12.2 Å². The van der Waals surface area contributed by atoms with E-state index in [1.54, 1.807) is 13.0 Å². The summed E-state index contributed by atoms with van der Waals surface area (Å²) in [4.78, 5) is 0. The molecule has 1 aliphatic carbocycles. The number of nitrogens with one attached hydrogen (secondary N) is 1. The van der Waals surface area contributed by atoms with Gasteiger partial charge in [-0.15, -0.1) is 0 Å². The fraction of sp³-hybridized carbons (Fsp3) is 0.571. The summed E-state index contributed by atoms with van der Waals surface area (Å²) in [5.41, 5.74) is 1.32. The molecule has 1 fully saturated rings. The van der Waals surface area contributed by atoms with E-state index in [0.29, 0.717) is 18.5 Å². The zero-order valence-corrected chi connectivity index (χ0v) is 10.7. The number of halogens is 4. The number of alkyl halides is 3. The van der Waals surface area contributed by atoms with Crippen molar-refractivity contribution in [1.29, 1.82) is 0 Å². The van der Waals surface area contributed by atoms with E-state index < -0.39 is 12.1 Å². The van der Waals surface area contributed by atoms with Crippen LogP contribution in [0.2, 0.25) is 0 Å². The summed E-state index contributed by atoms with van der Waals surface area (Å²) in [6.45, 7) is 1.76. The zero-order chi connectivity index (χ0) is 14.0. The van der Waals surface area contributed by atoms with Gasteiger partial charge in [0.1, 0.15) is 5.82 Å². The minimum atomic E-state index is -4.13. The molecule has 1 nitrogen and oxygen atoms in total. The number of hydrogen-bond acceptors (Lipinski definition) is 1. The highest BCUT2D eigenvalue weighted by Gasteiger charge is 2.42. The lowest BCUT2D eigenvalue weighted by molar-refractivity contribution is -0.182. The topological polar surface area (TPSA) is 12.0 Å². The van der Waals surface area contributed by atoms with Crippen molar-refractivity contribution in [3.05, 3.63) is 29.6 Å². The molecule has 1 aromatic carbocycles. The molecule has 0 bridgehead atoms. The van der Waals surface area contributed by atoms with E-state index in [-0.39, 0.29) is 24.7 Å². The van der Waals surface area contributed by atoms with E-state index in [9.17, 15) is 17.6 Å². The molecule has 0 aliphatic heterocycles. The van der Waals surface area contributed by atoms with Gasteiger partial charge in [-0.05, 0) is 49.9 Å². The summed E-state index contributed by atoms with van der Waals surface area (Å²) in [5.74, 6) is -1.61. The van der Waals surface area contributed by atoms with E-state index in [2.05, 4.69) is 5.32 Å². The molecule has 5 heteroatoms. The largest absolute Gasteiger partial charge is 0.391 e. The van der Waals surface area contributed by atoms with Crippen LogP contribution in [0.15, 0.2) is 18.2 Å². The summed E-state index contributed by atoms with van der Waals surface area (Å²) in [6, 6.07) is 4.23. The zero-order valence-electron chi connectivity index (χ0n) is 10.7. The minimum Gasteiger partial charge on any atom is -0.382 e. The van der Waals surface area contributed by atoms with Crippen molar-refractivity contribution in [3.8, 4) is 0 Å². The molecule has 2 rings (SSSR count). The molecule has 19 heavy (non-hydrogen) atoms. The van der Waals surface area contributed by atoms with Crippen LogP contribution in [0.1, 0.15) is 31.2 Å². The Balaban J connectivity index is 2.02. The number of anilines is 1. The first-order chi connectivity index (χ1) is 8.84. The van der Waals surface area contributed by atoms with Gasteiger partial charge in [-0.3, -0.25) is 0 Å². The second-order valence-corrected chi connectivity index (χ2v) is 5.26. The highest BCUT2D eigenvalue weighted by atomic mass is 19.4. The van der Waals surface area contributed by atoms with E-state index in [1.165, 1.54) is 12.1 Å². The third kappa shape index (κ3) is 3.85. The summed E-state index contributed by atoms with van der Waals surface area (Å²) in [6.07, 6.45) is -2.61. The molecule has 1 aromatic rings. The third-order valence-electron chi connectivity index (χ3n) is 3.55. The fourth-order valence-corrected chi connectivity index (χ4v) is 2.67. The van der Waals surface area contributed by atoms with Gasteiger partial charge in [-0.2, -0.15) is 13.2 Å². The molecule has 0 spiro atoms. The van der Waals surface area contributed by atoms with Crippen LogP contribution in [0.25, 0.3) is 0 Å². The van der Waals surface area contributed by atoms with Crippen molar-refractivity contribution in [2.24, 2.45) is 5.92 Å². The highest BCUT2D eigenvalue weighted by Crippen LogP contribution is 2.38. The Morgan fingerprint density at radius 2 is 1.89 bits per heavy atom. The summed E-state index contributed by atoms with van der Waals surface area (Å²) in [7, 11) is 0. The minimum absolute atomic E-state index is 0.0685. The summed E-state index contributed by atoms with van der Waals surface area (Å²) < 4.78 is 51.3. The van der Waals surface area contributed by atoms with Crippen LogP contribution in [-0.2, 0) is 0 Å². The standard InChI is InChI=1S/C14H17F4N/c1-9-5-11(15)8-13(6-9)19-12-4-2-3-10(7-12)14(16,17)18/h5-6,8,10,12,19H,2-4,7H2,1H3. The van der Waals surface area contributed by atoms with Crippen molar-refractivity contribution in [2.45, 2.75) is 44.8 Å². The van der Waals surface area contributed by atoms with Crippen molar-refractivity contribution in [2.75, 3.05) is 5.32 Å². The first-order valence-electron chi connectivity index (χ1n) is 6.45. The van der Waals surface area contributed by atoms with Gasteiger partial charge < -0.3 is 5.32 Å². The number of aryl methyl sites for hydroxylation is 1. The molecule has 0 heterocycles. The predicted octanol–water partition coefficient (Wildman–Crippen LogP) is 4.67.